The van der Waals surface area contributed by atoms with Crippen LogP contribution in [0.25, 0.3) is 0 Å². The Hall–Kier alpha value is -1.50. The summed E-state index contributed by atoms with van der Waals surface area (Å²) in [6.07, 6.45) is 6.07. The normalized spacial score (nSPS) is 9.42. The number of halogens is 1. The fourth-order valence-electron chi connectivity index (χ4n) is 0.830. The highest BCUT2D eigenvalue weighted by molar-refractivity contribution is 5.12. The largest absolute Gasteiger partial charge is 0.463 e. The zero-order chi connectivity index (χ0) is 8.97. The minimum atomic E-state index is -0.480. The molecule has 1 rings (SSSR count). The third-order valence-electron chi connectivity index (χ3n) is 1.34. The molecule has 1 heterocycles. The van der Waals surface area contributed by atoms with Crippen molar-refractivity contribution in [1.82, 2.24) is 9.78 Å². The molecule has 0 aliphatic carbocycles. The summed E-state index contributed by atoms with van der Waals surface area (Å²) in [5.41, 5.74) is 0. The van der Waals surface area contributed by atoms with E-state index in [9.17, 15) is 4.39 Å². The molecule has 0 bridgehead atoms. The summed E-state index contributed by atoms with van der Waals surface area (Å²) in [5.74, 6) is 1.88. The Morgan fingerprint density at radius 3 is 3.17 bits per heavy atom. The summed E-state index contributed by atoms with van der Waals surface area (Å²) in [6.45, 7) is 2.46. The average molecular weight is 168 g/mol. The van der Waals surface area contributed by atoms with Crippen LogP contribution < -0.4 is 4.74 Å². The van der Waals surface area contributed by atoms with Gasteiger partial charge in [0.2, 0.25) is 11.7 Å². The van der Waals surface area contributed by atoms with E-state index in [0.29, 0.717) is 6.54 Å². The zero-order valence-corrected chi connectivity index (χ0v) is 6.75. The fourth-order valence-corrected chi connectivity index (χ4v) is 0.830. The molecule has 0 amide bonds. The van der Waals surface area contributed by atoms with E-state index < -0.39 is 5.82 Å². The van der Waals surface area contributed by atoms with E-state index in [-0.39, 0.29) is 12.5 Å². The predicted molar refractivity (Wildman–Crippen MR) is 42.2 cm³/mol. The Labute approximate surface area is 70.1 Å². The molecule has 0 spiro atoms. The van der Waals surface area contributed by atoms with E-state index in [0.717, 1.165) is 6.20 Å². The molecule has 0 saturated carbocycles. The molecule has 64 valence electrons. The van der Waals surface area contributed by atoms with Crippen LogP contribution in [0.3, 0.4) is 0 Å². The van der Waals surface area contributed by atoms with Crippen LogP contribution in [-0.4, -0.2) is 16.4 Å². The van der Waals surface area contributed by atoms with Crippen molar-refractivity contribution in [2.45, 2.75) is 13.5 Å². The van der Waals surface area contributed by atoms with Crippen molar-refractivity contribution >= 4 is 0 Å². The second-order valence-electron chi connectivity index (χ2n) is 2.11. The molecule has 0 fully saturated rings. The van der Waals surface area contributed by atoms with Crippen LogP contribution >= 0.6 is 0 Å². The molecular formula is C8H9FN2O. The van der Waals surface area contributed by atoms with Gasteiger partial charge in [-0.2, -0.15) is 9.49 Å². The lowest BCUT2D eigenvalue weighted by Gasteiger charge is -2.03. The van der Waals surface area contributed by atoms with Gasteiger partial charge in [0.1, 0.15) is 0 Å². The summed E-state index contributed by atoms with van der Waals surface area (Å²) in [7, 11) is 0. The molecule has 0 aromatic carbocycles. The quantitative estimate of drug-likeness (QED) is 0.631. The molecular weight excluding hydrogens is 159 g/mol. The molecule has 4 heteroatoms. The number of aryl methyl sites for hydroxylation is 1. The SMILES string of the molecule is C#CCOc1c(F)cnn1CC. The van der Waals surface area contributed by atoms with E-state index in [1.807, 2.05) is 6.92 Å². The topological polar surface area (TPSA) is 27.1 Å². The lowest BCUT2D eigenvalue weighted by atomic mass is 10.6. The Balaban J connectivity index is 2.81. The first-order valence-electron chi connectivity index (χ1n) is 3.57. The van der Waals surface area contributed by atoms with Crippen LogP contribution in [0.1, 0.15) is 6.92 Å². The molecule has 0 radical (unpaired) electrons. The maximum Gasteiger partial charge on any atom is 0.249 e. The summed E-state index contributed by atoms with van der Waals surface area (Å²) in [5, 5.41) is 3.74. The Morgan fingerprint density at radius 1 is 1.83 bits per heavy atom. The van der Waals surface area contributed by atoms with Crippen molar-refractivity contribution in [3.63, 3.8) is 0 Å². The summed E-state index contributed by atoms with van der Waals surface area (Å²) in [6, 6.07) is 0. The van der Waals surface area contributed by atoms with E-state index >= 15 is 0 Å². The number of rotatable bonds is 3. The minimum absolute atomic E-state index is 0.0581. The Morgan fingerprint density at radius 2 is 2.58 bits per heavy atom. The van der Waals surface area contributed by atoms with Crippen molar-refractivity contribution in [3.05, 3.63) is 12.0 Å². The van der Waals surface area contributed by atoms with Gasteiger partial charge in [0.05, 0.1) is 6.20 Å². The number of nitrogens with zero attached hydrogens (tertiary/aromatic N) is 2. The van der Waals surface area contributed by atoms with Crippen LogP contribution in [-0.2, 0) is 6.54 Å². The van der Waals surface area contributed by atoms with Crippen molar-refractivity contribution in [1.29, 1.82) is 0 Å². The Bertz CT molecular complexity index is 300. The van der Waals surface area contributed by atoms with Crippen LogP contribution in [0.5, 0.6) is 5.88 Å². The van der Waals surface area contributed by atoms with Gasteiger partial charge in [-0.25, -0.2) is 4.68 Å². The van der Waals surface area contributed by atoms with Gasteiger partial charge in [0, 0.05) is 6.54 Å². The minimum Gasteiger partial charge on any atom is -0.463 e. The molecule has 1 aromatic rings. The monoisotopic (exact) mass is 168 g/mol. The third kappa shape index (κ3) is 1.56. The van der Waals surface area contributed by atoms with Crippen molar-refractivity contribution < 1.29 is 9.13 Å². The van der Waals surface area contributed by atoms with Gasteiger partial charge in [0.15, 0.2) is 6.61 Å². The number of aromatic nitrogens is 2. The smallest absolute Gasteiger partial charge is 0.249 e. The lowest BCUT2D eigenvalue weighted by Crippen LogP contribution is -2.04. The van der Waals surface area contributed by atoms with Crippen LogP contribution in [0, 0.1) is 18.2 Å². The van der Waals surface area contributed by atoms with Gasteiger partial charge in [0.25, 0.3) is 0 Å². The highest BCUT2D eigenvalue weighted by Crippen LogP contribution is 2.15. The zero-order valence-electron chi connectivity index (χ0n) is 6.75. The van der Waals surface area contributed by atoms with Gasteiger partial charge in [-0.05, 0) is 6.92 Å². The van der Waals surface area contributed by atoms with E-state index in [1.165, 1.54) is 4.68 Å². The molecule has 12 heavy (non-hydrogen) atoms. The molecule has 0 aliphatic rings. The number of ether oxygens (including phenoxy) is 1. The van der Waals surface area contributed by atoms with Crippen molar-refractivity contribution in [2.75, 3.05) is 6.61 Å². The maximum absolute atomic E-state index is 12.8. The third-order valence-corrected chi connectivity index (χ3v) is 1.34. The van der Waals surface area contributed by atoms with Gasteiger partial charge >= 0.3 is 0 Å². The van der Waals surface area contributed by atoms with Crippen molar-refractivity contribution in [2.24, 2.45) is 0 Å². The molecule has 0 N–H and O–H groups in total. The number of hydrogen-bond donors (Lipinski definition) is 0. The summed E-state index contributed by atoms with van der Waals surface area (Å²) >= 11 is 0. The van der Waals surface area contributed by atoms with E-state index in [2.05, 4.69) is 11.0 Å². The second-order valence-corrected chi connectivity index (χ2v) is 2.11. The molecule has 0 atom stereocenters. The number of hydrogen-bond acceptors (Lipinski definition) is 2. The van der Waals surface area contributed by atoms with E-state index in [4.69, 9.17) is 11.2 Å². The Kier molecular flexibility index (Phi) is 2.70. The van der Waals surface area contributed by atoms with Gasteiger partial charge < -0.3 is 4.74 Å². The fraction of sp³-hybridized carbons (Fsp3) is 0.375. The number of terminal acetylenes is 1. The average Bonchev–Trinajstić information content (AvgIpc) is 2.43. The summed E-state index contributed by atoms with van der Waals surface area (Å²) in [4.78, 5) is 0. The van der Waals surface area contributed by atoms with Crippen LogP contribution in [0.15, 0.2) is 6.20 Å². The van der Waals surface area contributed by atoms with Gasteiger partial charge in [-0.1, -0.05) is 5.92 Å². The predicted octanol–water partition coefficient (Wildman–Crippen LogP) is 1.05. The highest BCUT2D eigenvalue weighted by Gasteiger charge is 2.09. The van der Waals surface area contributed by atoms with Crippen LogP contribution in [0.2, 0.25) is 0 Å². The van der Waals surface area contributed by atoms with Crippen molar-refractivity contribution in [3.8, 4) is 18.2 Å². The molecule has 0 aliphatic heterocycles. The standard InChI is InChI=1S/C8H9FN2O/c1-3-5-12-8-7(9)6-10-11(8)4-2/h1,6H,4-5H2,2H3. The first-order chi connectivity index (χ1) is 5.79. The molecule has 1 aromatic heterocycles. The van der Waals surface area contributed by atoms with Gasteiger partial charge in [-0.3, -0.25) is 0 Å². The molecule has 3 nitrogen and oxygen atoms in total. The van der Waals surface area contributed by atoms with Gasteiger partial charge in [-0.15, -0.1) is 6.42 Å². The molecule has 0 saturated heterocycles. The first kappa shape index (κ1) is 8.60. The maximum atomic E-state index is 12.8. The first-order valence-corrected chi connectivity index (χ1v) is 3.57. The second kappa shape index (κ2) is 3.77. The lowest BCUT2D eigenvalue weighted by molar-refractivity contribution is 0.311. The van der Waals surface area contributed by atoms with E-state index in [1.54, 1.807) is 0 Å². The van der Waals surface area contributed by atoms with Crippen LogP contribution in [0.4, 0.5) is 4.39 Å². The molecule has 0 unspecified atom stereocenters. The highest BCUT2D eigenvalue weighted by atomic mass is 19.1. The summed E-state index contributed by atoms with van der Waals surface area (Å²) < 4.78 is 19.2.